The number of ether oxygens (including phenoxy) is 2. The van der Waals surface area contributed by atoms with Crippen molar-refractivity contribution in [3.05, 3.63) is 0 Å². The summed E-state index contributed by atoms with van der Waals surface area (Å²) in [5.74, 6) is -0.360. The Bertz CT molecular complexity index is 244. The number of primary amides is 1. The van der Waals surface area contributed by atoms with E-state index in [4.69, 9.17) is 15.2 Å². The van der Waals surface area contributed by atoms with Gasteiger partial charge in [-0.1, -0.05) is 0 Å². The minimum Gasteiger partial charge on any atom is -0.381 e. The molecule has 0 rings (SSSR count). The molecule has 17 heavy (non-hydrogen) atoms. The molecule has 0 aliphatic heterocycles. The lowest BCUT2D eigenvalue weighted by Gasteiger charge is -2.26. The van der Waals surface area contributed by atoms with Crippen LogP contribution in [-0.4, -0.2) is 44.4 Å². The summed E-state index contributed by atoms with van der Waals surface area (Å²) in [6.07, 6.45) is 1.38. The molecular weight excluding hydrogens is 220 g/mol. The molecule has 0 saturated heterocycles. The van der Waals surface area contributed by atoms with E-state index >= 15 is 0 Å². The zero-order valence-electron chi connectivity index (χ0n) is 11.6. The summed E-state index contributed by atoms with van der Waals surface area (Å²) >= 11 is 0. The summed E-state index contributed by atoms with van der Waals surface area (Å²) in [5.41, 5.74) is 4.44. The molecule has 1 amide bonds. The number of hydrogen-bond acceptors (Lipinski definition) is 4. The third kappa shape index (κ3) is 6.00. The number of amides is 1. The van der Waals surface area contributed by atoms with Crippen molar-refractivity contribution in [1.82, 2.24) is 5.32 Å². The Balaban J connectivity index is 3.82. The number of rotatable bonds is 9. The molecule has 0 aliphatic carbocycles. The molecule has 0 aromatic carbocycles. The van der Waals surface area contributed by atoms with E-state index in [1.807, 2.05) is 13.8 Å². The van der Waals surface area contributed by atoms with Crippen LogP contribution in [0.4, 0.5) is 0 Å². The first-order valence-corrected chi connectivity index (χ1v) is 5.89. The van der Waals surface area contributed by atoms with Crippen LogP contribution in [0, 0.1) is 0 Å². The first kappa shape index (κ1) is 16.4. The molecule has 102 valence electrons. The Kier molecular flexibility index (Phi) is 6.67. The maximum Gasteiger partial charge on any atom is 0.237 e. The summed E-state index contributed by atoms with van der Waals surface area (Å²) in [7, 11) is 3.41. The average Bonchev–Trinajstić information content (AvgIpc) is 2.28. The van der Waals surface area contributed by atoms with Crippen LogP contribution < -0.4 is 11.1 Å². The van der Waals surface area contributed by atoms with Crippen molar-refractivity contribution >= 4 is 5.91 Å². The highest BCUT2D eigenvalue weighted by molar-refractivity contribution is 5.84. The zero-order valence-corrected chi connectivity index (χ0v) is 11.6. The van der Waals surface area contributed by atoms with Crippen molar-refractivity contribution < 1.29 is 14.3 Å². The lowest BCUT2D eigenvalue weighted by molar-refractivity contribution is -0.124. The number of hydrogen-bond donors (Lipinski definition) is 2. The number of likely N-dealkylation sites (N-methyl/N-ethyl adjacent to an activating group) is 1. The van der Waals surface area contributed by atoms with E-state index in [0.29, 0.717) is 19.6 Å². The van der Waals surface area contributed by atoms with Gasteiger partial charge in [0.05, 0.1) is 11.1 Å². The van der Waals surface area contributed by atoms with Crippen LogP contribution in [0.15, 0.2) is 0 Å². The van der Waals surface area contributed by atoms with E-state index in [2.05, 4.69) is 5.32 Å². The Morgan fingerprint density at radius 1 is 1.24 bits per heavy atom. The fourth-order valence-corrected chi connectivity index (χ4v) is 1.17. The van der Waals surface area contributed by atoms with Crippen LogP contribution in [0.3, 0.4) is 0 Å². The minimum absolute atomic E-state index is 0.171. The molecule has 0 spiro atoms. The highest BCUT2D eigenvalue weighted by Gasteiger charge is 2.28. The molecule has 1 atom stereocenters. The Hall–Kier alpha value is -0.650. The SMILES string of the molecule is CNC(C)(CCOCCC(C)(C)OC)C(N)=O. The first-order valence-electron chi connectivity index (χ1n) is 5.89. The normalized spacial score (nSPS) is 15.6. The Labute approximate surface area is 104 Å². The van der Waals surface area contributed by atoms with E-state index < -0.39 is 5.54 Å². The summed E-state index contributed by atoms with van der Waals surface area (Å²) in [6.45, 7) is 6.91. The van der Waals surface area contributed by atoms with Crippen LogP contribution in [0.5, 0.6) is 0 Å². The second-order valence-electron chi connectivity index (χ2n) is 5.02. The van der Waals surface area contributed by atoms with Crippen molar-refractivity contribution in [2.45, 2.75) is 44.8 Å². The van der Waals surface area contributed by atoms with Gasteiger partial charge in [-0.05, 0) is 40.7 Å². The smallest absolute Gasteiger partial charge is 0.237 e. The largest absolute Gasteiger partial charge is 0.381 e. The number of carbonyl (C=O) groups excluding carboxylic acids is 1. The van der Waals surface area contributed by atoms with Gasteiger partial charge in [-0.25, -0.2) is 0 Å². The van der Waals surface area contributed by atoms with Crippen LogP contribution in [0.1, 0.15) is 33.6 Å². The van der Waals surface area contributed by atoms with Gasteiger partial charge in [0, 0.05) is 20.3 Å². The molecule has 0 aromatic heterocycles. The predicted molar refractivity (Wildman–Crippen MR) is 67.8 cm³/mol. The van der Waals surface area contributed by atoms with Crippen molar-refractivity contribution in [3.63, 3.8) is 0 Å². The monoisotopic (exact) mass is 246 g/mol. The van der Waals surface area contributed by atoms with Gasteiger partial charge in [0.25, 0.3) is 0 Å². The van der Waals surface area contributed by atoms with Gasteiger partial charge in [-0.3, -0.25) is 4.79 Å². The highest BCUT2D eigenvalue weighted by atomic mass is 16.5. The lowest BCUT2D eigenvalue weighted by Crippen LogP contribution is -2.52. The molecule has 0 bridgehead atoms. The lowest BCUT2D eigenvalue weighted by atomic mass is 9.98. The van der Waals surface area contributed by atoms with Crippen LogP contribution >= 0.6 is 0 Å². The van der Waals surface area contributed by atoms with E-state index in [1.165, 1.54) is 0 Å². The van der Waals surface area contributed by atoms with E-state index in [-0.39, 0.29) is 11.5 Å². The number of carbonyl (C=O) groups is 1. The minimum atomic E-state index is -0.698. The van der Waals surface area contributed by atoms with Gasteiger partial charge in [0.2, 0.25) is 5.91 Å². The maximum atomic E-state index is 11.2. The molecule has 1 unspecified atom stereocenters. The molecule has 0 fully saturated rings. The number of nitrogens with two attached hydrogens (primary N) is 1. The molecule has 5 heteroatoms. The van der Waals surface area contributed by atoms with Crippen LogP contribution in [0.2, 0.25) is 0 Å². The molecule has 0 aliphatic rings. The zero-order chi connectivity index (χ0) is 13.5. The molecule has 3 N–H and O–H groups in total. The third-order valence-electron chi connectivity index (χ3n) is 3.24. The van der Waals surface area contributed by atoms with E-state index in [0.717, 1.165) is 6.42 Å². The molecule has 0 aromatic rings. The maximum absolute atomic E-state index is 11.2. The van der Waals surface area contributed by atoms with Crippen molar-refractivity contribution in [2.24, 2.45) is 5.73 Å². The topological polar surface area (TPSA) is 73.6 Å². The van der Waals surface area contributed by atoms with Gasteiger partial charge in [-0.15, -0.1) is 0 Å². The predicted octanol–water partition coefficient (Wildman–Crippen LogP) is 0.672. The molecule has 0 heterocycles. The summed E-state index contributed by atoms with van der Waals surface area (Å²) < 4.78 is 10.8. The van der Waals surface area contributed by atoms with Gasteiger partial charge < -0.3 is 20.5 Å². The number of methoxy groups -OCH3 is 1. The number of nitrogens with one attached hydrogen (secondary N) is 1. The summed E-state index contributed by atoms with van der Waals surface area (Å²) in [6, 6.07) is 0. The van der Waals surface area contributed by atoms with Crippen molar-refractivity contribution in [1.29, 1.82) is 0 Å². The first-order chi connectivity index (χ1) is 7.77. The highest BCUT2D eigenvalue weighted by Crippen LogP contribution is 2.13. The van der Waals surface area contributed by atoms with Gasteiger partial charge in [0.1, 0.15) is 0 Å². The second kappa shape index (κ2) is 6.93. The average molecular weight is 246 g/mol. The van der Waals surface area contributed by atoms with E-state index in [1.54, 1.807) is 21.1 Å². The van der Waals surface area contributed by atoms with Gasteiger partial charge in [-0.2, -0.15) is 0 Å². The molecule has 0 radical (unpaired) electrons. The van der Waals surface area contributed by atoms with Gasteiger partial charge in [0.15, 0.2) is 0 Å². The van der Waals surface area contributed by atoms with Crippen LogP contribution in [0.25, 0.3) is 0 Å². The van der Waals surface area contributed by atoms with Gasteiger partial charge >= 0.3 is 0 Å². The standard InChI is InChI=1S/C12H26N2O3/c1-11(2,16-5)6-8-17-9-7-12(3,14-4)10(13)15/h14H,6-9H2,1-5H3,(H2,13,15). The summed E-state index contributed by atoms with van der Waals surface area (Å²) in [4.78, 5) is 11.2. The second-order valence-corrected chi connectivity index (χ2v) is 5.02. The molecule has 5 nitrogen and oxygen atoms in total. The van der Waals surface area contributed by atoms with Crippen molar-refractivity contribution in [3.8, 4) is 0 Å². The van der Waals surface area contributed by atoms with E-state index in [9.17, 15) is 4.79 Å². The third-order valence-corrected chi connectivity index (χ3v) is 3.24. The Morgan fingerprint density at radius 2 is 1.76 bits per heavy atom. The quantitative estimate of drug-likeness (QED) is 0.587. The van der Waals surface area contributed by atoms with Crippen molar-refractivity contribution in [2.75, 3.05) is 27.4 Å². The molecular formula is C12H26N2O3. The van der Waals surface area contributed by atoms with Crippen LogP contribution in [-0.2, 0) is 14.3 Å². The summed E-state index contributed by atoms with van der Waals surface area (Å²) in [5, 5.41) is 2.92. The fourth-order valence-electron chi connectivity index (χ4n) is 1.17. The molecule has 0 saturated carbocycles. The Morgan fingerprint density at radius 3 is 2.18 bits per heavy atom. The fraction of sp³-hybridized carbons (Fsp3) is 0.917.